The van der Waals surface area contributed by atoms with Crippen LogP contribution >= 0.6 is 0 Å². The van der Waals surface area contributed by atoms with Gasteiger partial charge in [-0.1, -0.05) is 42.5 Å². The van der Waals surface area contributed by atoms with Gasteiger partial charge in [0.05, 0.1) is 11.9 Å². The van der Waals surface area contributed by atoms with Gasteiger partial charge in [0, 0.05) is 19.2 Å². The highest BCUT2D eigenvalue weighted by Gasteiger charge is 2.15. The Morgan fingerprint density at radius 1 is 0.967 bits per heavy atom. The van der Waals surface area contributed by atoms with Crippen molar-refractivity contribution in [1.29, 1.82) is 0 Å². The highest BCUT2D eigenvalue weighted by atomic mass is 16.2. The quantitative estimate of drug-likeness (QED) is 0.513. The van der Waals surface area contributed by atoms with Crippen LogP contribution in [0.4, 0.5) is 0 Å². The molecule has 0 saturated carbocycles. The van der Waals surface area contributed by atoms with Crippen molar-refractivity contribution in [2.75, 3.05) is 20.6 Å². The van der Waals surface area contributed by atoms with Crippen LogP contribution in [0.25, 0.3) is 28.1 Å². The molecule has 0 aliphatic rings. The summed E-state index contributed by atoms with van der Waals surface area (Å²) in [6.45, 7) is 0.971. The molecule has 0 aliphatic carbocycles. The highest BCUT2D eigenvalue weighted by Crippen LogP contribution is 2.19. The molecule has 152 valence electrons. The third kappa shape index (κ3) is 3.67. The van der Waals surface area contributed by atoms with Gasteiger partial charge in [-0.2, -0.15) is 0 Å². The molecule has 0 N–H and O–H groups in total. The summed E-state index contributed by atoms with van der Waals surface area (Å²) >= 11 is 0. The van der Waals surface area contributed by atoms with Crippen molar-refractivity contribution in [2.24, 2.45) is 7.05 Å². The average molecular weight is 401 g/mol. The number of hydrogen-bond acceptors (Lipinski definition) is 5. The maximum Gasteiger partial charge on any atom is 0.335 e. The van der Waals surface area contributed by atoms with Crippen LogP contribution in [0.2, 0.25) is 0 Å². The van der Waals surface area contributed by atoms with E-state index in [1.165, 1.54) is 17.2 Å². The number of aromatic nitrogens is 4. The Hall–Kier alpha value is -3.58. The van der Waals surface area contributed by atoms with E-state index in [0.29, 0.717) is 17.0 Å². The first-order chi connectivity index (χ1) is 14.5. The number of likely N-dealkylation sites (N-methyl/N-ethyl adjacent to an activating group) is 1. The van der Waals surface area contributed by atoms with E-state index >= 15 is 0 Å². The molecular formula is C23H23N5O2. The van der Waals surface area contributed by atoms with Gasteiger partial charge in [0.15, 0.2) is 11.3 Å². The summed E-state index contributed by atoms with van der Waals surface area (Å²) in [5.74, 6) is 0.456. The van der Waals surface area contributed by atoms with Crippen LogP contribution in [-0.4, -0.2) is 44.6 Å². The van der Waals surface area contributed by atoms with Gasteiger partial charge in [0.1, 0.15) is 5.52 Å². The zero-order valence-electron chi connectivity index (χ0n) is 17.2. The third-order valence-electron chi connectivity index (χ3n) is 5.07. The monoisotopic (exact) mass is 401 g/mol. The minimum Gasteiger partial charge on any atom is -0.309 e. The van der Waals surface area contributed by atoms with Crippen LogP contribution in [0.3, 0.4) is 0 Å². The molecule has 30 heavy (non-hydrogen) atoms. The second-order valence-corrected chi connectivity index (χ2v) is 7.50. The first-order valence-corrected chi connectivity index (χ1v) is 9.74. The molecule has 7 heteroatoms. The molecule has 0 atom stereocenters. The number of nitrogens with zero attached hydrogens (tertiary/aromatic N) is 5. The Balaban J connectivity index is 1.82. The van der Waals surface area contributed by atoms with Gasteiger partial charge in [0.2, 0.25) is 0 Å². The minimum atomic E-state index is -0.437. The molecular weight excluding hydrogens is 378 g/mol. The predicted octanol–water partition coefficient (Wildman–Crippen LogP) is 2.25. The standard InChI is InChI=1S/C23H23N5O2/c1-26(2)14-13-16-9-11-17(12-10-16)21-24-15-19-20(25-21)22(29)27(3)23(30)28(19)18-7-5-4-6-8-18/h4-12,15H,13-14H2,1-3H3. The Morgan fingerprint density at radius 3 is 2.33 bits per heavy atom. The van der Waals surface area contributed by atoms with Crippen LogP contribution in [-0.2, 0) is 13.5 Å². The van der Waals surface area contributed by atoms with E-state index in [-0.39, 0.29) is 5.52 Å². The van der Waals surface area contributed by atoms with Gasteiger partial charge < -0.3 is 4.90 Å². The molecule has 0 fully saturated rings. The van der Waals surface area contributed by atoms with Gasteiger partial charge in [0.25, 0.3) is 5.56 Å². The summed E-state index contributed by atoms with van der Waals surface area (Å²) in [7, 11) is 5.56. The fourth-order valence-electron chi connectivity index (χ4n) is 3.33. The van der Waals surface area contributed by atoms with E-state index in [9.17, 15) is 9.59 Å². The Bertz CT molecular complexity index is 1310. The summed E-state index contributed by atoms with van der Waals surface area (Å²) in [4.78, 5) is 36.7. The summed E-state index contributed by atoms with van der Waals surface area (Å²) in [5.41, 5.74) is 2.44. The highest BCUT2D eigenvalue weighted by molar-refractivity contribution is 5.77. The Labute approximate surface area is 173 Å². The molecule has 0 aliphatic heterocycles. The van der Waals surface area contributed by atoms with Gasteiger partial charge in [-0.05, 0) is 38.2 Å². The van der Waals surface area contributed by atoms with Crippen LogP contribution < -0.4 is 11.2 Å². The van der Waals surface area contributed by atoms with E-state index in [1.54, 1.807) is 6.20 Å². The van der Waals surface area contributed by atoms with E-state index in [0.717, 1.165) is 23.1 Å². The third-order valence-corrected chi connectivity index (χ3v) is 5.07. The molecule has 4 rings (SSSR count). The van der Waals surface area contributed by atoms with E-state index in [2.05, 4.69) is 27.0 Å². The molecule has 0 amide bonds. The molecule has 0 bridgehead atoms. The maximum atomic E-state index is 12.8. The SMILES string of the molecule is CN(C)CCc1ccc(-c2ncc3c(n2)c(=O)n(C)c(=O)n3-c2ccccc2)cc1. The van der Waals surface area contributed by atoms with Gasteiger partial charge in [-0.3, -0.25) is 13.9 Å². The molecule has 0 unspecified atom stereocenters. The largest absolute Gasteiger partial charge is 0.335 e. The van der Waals surface area contributed by atoms with E-state index in [1.807, 2.05) is 56.6 Å². The topological polar surface area (TPSA) is 73.0 Å². The van der Waals surface area contributed by atoms with E-state index < -0.39 is 11.2 Å². The lowest BCUT2D eigenvalue weighted by Crippen LogP contribution is -2.38. The van der Waals surface area contributed by atoms with Crippen molar-refractivity contribution in [3.63, 3.8) is 0 Å². The number of benzene rings is 2. The van der Waals surface area contributed by atoms with Crippen molar-refractivity contribution in [2.45, 2.75) is 6.42 Å². The van der Waals surface area contributed by atoms with Crippen molar-refractivity contribution >= 4 is 11.0 Å². The summed E-state index contributed by atoms with van der Waals surface area (Å²) < 4.78 is 2.54. The second-order valence-electron chi connectivity index (χ2n) is 7.50. The van der Waals surface area contributed by atoms with E-state index in [4.69, 9.17) is 0 Å². The number of hydrogen-bond donors (Lipinski definition) is 0. The zero-order chi connectivity index (χ0) is 21.3. The lowest BCUT2D eigenvalue weighted by molar-refractivity contribution is 0.413. The first-order valence-electron chi connectivity index (χ1n) is 9.74. The lowest BCUT2D eigenvalue weighted by atomic mass is 10.1. The fraction of sp³-hybridized carbons (Fsp3) is 0.217. The molecule has 0 spiro atoms. The molecule has 7 nitrogen and oxygen atoms in total. The molecule has 0 radical (unpaired) electrons. The van der Waals surface area contributed by atoms with Crippen molar-refractivity contribution in [3.05, 3.63) is 87.2 Å². The fourth-order valence-corrected chi connectivity index (χ4v) is 3.33. The normalized spacial score (nSPS) is 11.3. The predicted molar refractivity (Wildman–Crippen MR) is 118 cm³/mol. The minimum absolute atomic E-state index is 0.211. The smallest absolute Gasteiger partial charge is 0.309 e. The Morgan fingerprint density at radius 2 is 1.67 bits per heavy atom. The van der Waals surface area contributed by atoms with Crippen LogP contribution in [0.15, 0.2) is 70.4 Å². The first kappa shape index (κ1) is 19.7. The maximum absolute atomic E-state index is 12.8. The number of rotatable bonds is 5. The van der Waals surface area contributed by atoms with Crippen molar-refractivity contribution < 1.29 is 0 Å². The molecule has 4 aromatic rings. The van der Waals surface area contributed by atoms with Gasteiger partial charge >= 0.3 is 5.69 Å². The molecule has 2 aromatic heterocycles. The summed E-state index contributed by atoms with van der Waals surface area (Å²) in [5, 5.41) is 0. The van der Waals surface area contributed by atoms with Crippen LogP contribution in [0, 0.1) is 0 Å². The molecule has 2 heterocycles. The lowest BCUT2D eigenvalue weighted by Gasteiger charge is -2.12. The van der Waals surface area contributed by atoms with Crippen LogP contribution in [0.1, 0.15) is 5.56 Å². The second kappa shape index (κ2) is 8.04. The number of para-hydroxylation sites is 1. The summed E-state index contributed by atoms with van der Waals surface area (Å²) in [6.07, 6.45) is 2.50. The zero-order valence-corrected chi connectivity index (χ0v) is 17.2. The van der Waals surface area contributed by atoms with Crippen LogP contribution in [0.5, 0.6) is 0 Å². The van der Waals surface area contributed by atoms with Crippen molar-refractivity contribution in [1.82, 2.24) is 24.0 Å². The summed E-state index contributed by atoms with van der Waals surface area (Å²) in [6, 6.07) is 17.2. The molecule has 2 aromatic carbocycles. The van der Waals surface area contributed by atoms with Gasteiger partial charge in [-0.15, -0.1) is 0 Å². The Kier molecular flexibility index (Phi) is 5.29. The number of fused-ring (bicyclic) bond motifs is 1. The van der Waals surface area contributed by atoms with Gasteiger partial charge in [-0.25, -0.2) is 14.8 Å². The van der Waals surface area contributed by atoms with Crippen molar-refractivity contribution in [3.8, 4) is 17.1 Å². The average Bonchev–Trinajstić information content (AvgIpc) is 2.77. The molecule has 0 saturated heterocycles.